The van der Waals surface area contributed by atoms with E-state index in [0.717, 1.165) is 12.8 Å². The number of rotatable bonds is 5. The molecule has 1 heterocycles. The lowest BCUT2D eigenvalue weighted by Crippen LogP contribution is -2.33. The third kappa shape index (κ3) is 4.02. The van der Waals surface area contributed by atoms with Crippen LogP contribution >= 0.6 is 12.4 Å². The van der Waals surface area contributed by atoms with Crippen LogP contribution in [0.1, 0.15) is 45.1 Å². The van der Waals surface area contributed by atoms with E-state index in [2.05, 4.69) is 13.8 Å². The first-order valence-corrected chi connectivity index (χ1v) is 9.16. The molecular weight excluding hydrogens is 320 g/mol. The van der Waals surface area contributed by atoms with Gasteiger partial charge in [-0.2, -0.15) is 4.31 Å². The zero-order valence-corrected chi connectivity index (χ0v) is 15.2. The molecular formula is C16H27ClN2O2S. The number of nitrogens with zero attached hydrogens (tertiary/aromatic N) is 1. The fourth-order valence-corrected chi connectivity index (χ4v) is 4.27. The van der Waals surface area contributed by atoms with Crippen LogP contribution in [0.3, 0.4) is 0 Å². The van der Waals surface area contributed by atoms with Gasteiger partial charge in [-0.25, -0.2) is 8.42 Å². The summed E-state index contributed by atoms with van der Waals surface area (Å²) in [7, 11) is -3.38. The van der Waals surface area contributed by atoms with E-state index in [4.69, 9.17) is 5.73 Å². The summed E-state index contributed by atoms with van der Waals surface area (Å²) in [5.74, 6) is 0.718. The minimum absolute atomic E-state index is 0. The van der Waals surface area contributed by atoms with Gasteiger partial charge in [0.15, 0.2) is 0 Å². The van der Waals surface area contributed by atoms with Crippen LogP contribution in [0.5, 0.6) is 0 Å². The molecule has 1 aliphatic rings. The van der Waals surface area contributed by atoms with Gasteiger partial charge in [0.05, 0.1) is 4.90 Å². The lowest BCUT2D eigenvalue weighted by molar-refractivity contribution is 0.429. The highest BCUT2D eigenvalue weighted by Crippen LogP contribution is 2.27. The number of nitrogens with two attached hydrogens (primary N) is 1. The van der Waals surface area contributed by atoms with Gasteiger partial charge in [0.1, 0.15) is 0 Å². The number of sulfonamides is 1. The summed E-state index contributed by atoms with van der Waals surface area (Å²) in [6.45, 7) is 7.33. The van der Waals surface area contributed by atoms with Crippen LogP contribution < -0.4 is 5.73 Å². The molecule has 0 amide bonds. The molecule has 2 N–H and O–H groups in total. The van der Waals surface area contributed by atoms with Gasteiger partial charge < -0.3 is 5.73 Å². The summed E-state index contributed by atoms with van der Waals surface area (Å²) in [5, 5.41) is 0. The van der Waals surface area contributed by atoms with Gasteiger partial charge in [-0.3, -0.25) is 0 Å². The molecule has 1 aliphatic heterocycles. The summed E-state index contributed by atoms with van der Waals surface area (Å²) in [5.41, 5.74) is 7.08. The molecule has 22 heavy (non-hydrogen) atoms. The van der Waals surface area contributed by atoms with Crippen molar-refractivity contribution in [2.75, 3.05) is 13.1 Å². The van der Waals surface area contributed by atoms with Gasteiger partial charge in [0.25, 0.3) is 0 Å². The minimum Gasteiger partial charge on any atom is -0.328 e. The minimum atomic E-state index is -3.38. The van der Waals surface area contributed by atoms with E-state index in [1.807, 2.05) is 19.1 Å². The van der Waals surface area contributed by atoms with E-state index < -0.39 is 10.0 Å². The predicted octanol–water partition coefficient (Wildman–Crippen LogP) is 2.98. The lowest BCUT2D eigenvalue weighted by Gasteiger charge is -2.18. The first-order chi connectivity index (χ1) is 9.86. The maximum atomic E-state index is 12.6. The van der Waals surface area contributed by atoms with E-state index in [0.29, 0.717) is 23.9 Å². The molecule has 126 valence electrons. The summed E-state index contributed by atoms with van der Waals surface area (Å²) < 4.78 is 26.8. The molecule has 0 saturated carbocycles. The standard InChI is InChI=1S/C16H26N2O2S.ClH/c1-4-12(2)14-5-7-16(8-6-14)21(19,20)18-10-9-15(11-18)13(3)17;/h5-8,12-13,15H,4,9-11,17H2,1-3H3;1H. The largest absolute Gasteiger partial charge is 0.328 e. The van der Waals surface area contributed by atoms with E-state index in [1.54, 1.807) is 16.4 Å². The SMILES string of the molecule is CCC(C)c1ccc(S(=O)(=O)N2CCC(C(C)N)C2)cc1.Cl. The number of halogens is 1. The van der Waals surface area contributed by atoms with Crippen molar-refractivity contribution < 1.29 is 8.42 Å². The second-order valence-corrected chi connectivity index (χ2v) is 8.09. The Labute approximate surface area is 140 Å². The molecule has 1 aromatic carbocycles. The Kier molecular flexibility index (Phi) is 6.86. The molecule has 0 radical (unpaired) electrons. The fourth-order valence-electron chi connectivity index (χ4n) is 2.75. The molecule has 0 bridgehead atoms. The zero-order chi connectivity index (χ0) is 15.6. The van der Waals surface area contributed by atoms with Crippen LogP contribution in [-0.2, 0) is 10.0 Å². The highest BCUT2D eigenvalue weighted by molar-refractivity contribution is 7.89. The molecule has 6 heteroatoms. The van der Waals surface area contributed by atoms with Crippen LogP contribution in [0.4, 0.5) is 0 Å². The average Bonchev–Trinajstić information content (AvgIpc) is 2.97. The highest BCUT2D eigenvalue weighted by Gasteiger charge is 2.33. The Morgan fingerprint density at radius 3 is 2.32 bits per heavy atom. The van der Waals surface area contributed by atoms with Crippen molar-refractivity contribution in [1.29, 1.82) is 0 Å². The summed E-state index contributed by atoms with van der Waals surface area (Å²) in [6, 6.07) is 7.37. The van der Waals surface area contributed by atoms with Gasteiger partial charge in [-0.05, 0) is 49.3 Å². The van der Waals surface area contributed by atoms with Crippen molar-refractivity contribution in [3.8, 4) is 0 Å². The summed E-state index contributed by atoms with van der Waals surface area (Å²) >= 11 is 0. The summed E-state index contributed by atoms with van der Waals surface area (Å²) in [4.78, 5) is 0.389. The average molecular weight is 347 g/mol. The van der Waals surface area contributed by atoms with E-state index >= 15 is 0 Å². The van der Waals surface area contributed by atoms with Crippen molar-refractivity contribution in [2.24, 2.45) is 11.7 Å². The molecule has 1 saturated heterocycles. The Morgan fingerprint density at radius 1 is 1.27 bits per heavy atom. The van der Waals surface area contributed by atoms with Gasteiger partial charge >= 0.3 is 0 Å². The van der Waals surface area contributed by atoms with Crippen molar-refractivity contribution >= 4 is 22.4 Å². The number of hydrogen-bond acceptors (Lipinski definition) is 3. The van der Waals surface area contributed by atoms with Crippen LogP contribution in [0.15, 0.2) is 29.2 Å². The highest BCUT2D eigenvalue weighted by atomic mass is 35.5. The Bertz CT molecular complexity index is 572. The second-order valence-electron chi connectivity index (χ2n) is 6.15. The number of hydrogen-bond donors (Lipinski definition) is 1. The molecule has 1 fully saturated rings. The van der Waals surface area contributed by atoms with Crippen molar-refractivity contribution in [2.45, 2.75) is 50.5 Å². The third-order valence-corrected chi connectivity index (χ3v) is 6.51. The van der Waals surface area contributed by atoms with E-state index in [-0.39, 0.29) is 24.4 Å². The maximum Gasteiger partial charge on any atom is 0.243 e. The first kappa shape index (κ1) is 19.4. The van der Waals surface area contributed by atoms with Crippen LogP contribution in [0, 0.1) is 5.92 Å². The lowest BCUT2D eigenvalue weighted by atomic mass is 9.99. The van der Waals surface area contributed by atoms with Crippen LogP contribution in [0.25, 0.3) is 0 Å². The molecule has 0 aliphatic carbocycles. The van der Waals surface area contributed by atoms with E-state index in [9.17, 15) is 8.42 Å². The molecule has 1 aromatic rings. The van der Waals surface area contributed by atoms with Crippen molar-refractivity contribution in [3.63, 3.8) is 0 Å². The molecule has 0 aromatic heterocycles. The number of benzene rings is 1. The normalized spacial score (nSPS) is 22.1. The summed E-state index contributed by atoms with van der Waals surface area (Å²) in [6.07, 6.45) is 1.90. The van der Waals surface area contributed by atoms with Gasteiger partial charge in [0.2, 0.25) is 10.0 Å². The topological polar surface area (TPSA) is 63.4 Å². The Morgan fingerprint density at radius 2 is 1.86 bits per heavy atom. The Balaban J connectivity index is 0.00000242. The van der Waals surface area contributed by atoms with Crippen LogP contribution in [0.2, 0.25) is 0 Å². The molecule has 3 unspecified atom stereocenters. The van der Waals surface area contributed by atoms with E-state index in [1.165, 1.54) is 5.56 Å². The van der Waals surface area contributed by atoms with Crippen molar-refractivity contribution in [3.05, 3.63) is 29.8 Å². The van der Waals surface area contributed by atoms with Crippen LogP contribution in [-0.4, -0.2) is 31.9 Å². The Hall–Kier alpha value is -0.620. The maximum absolute atomic E-state index is 12.6. The quantitative estimate of drug-likeness (QED) is 0.891. The van der Waals surface area contributed by atoms with Crippen molar-refractivity contribution in [1.82, 2.24) is 4.31 Å². The molecule has 2 rings (SSSR count). The fraction of sp³-hybridized carbons (Fsp3) is 0.625. The smallest absolute Gasteiger partial charge is 0.243 e. The van der Waals surface area contributed by atoms with Gasteiger partial charge in [0, 0.05) is 19.1 Å². The van der Waals surface area contributed by atoms with Gasteiger partial charge in [-0.15, -0.1) is 12.4 Å². The first-order valence-electron chi connectivity index (χ1n) is 7.72. The second kappa shape index (κ2) is 7.77. The molecule has 4 nitrogen and oxygen atoms in total. The zero-order valence-electron chi connectivity index (χ0n) is 13.5. The predicted molar refractivity (Wildman–Crippen MR) is 92.9 cm³/mol. The monoisotopic (exact) mass is 346 g/mol. The molecule has 3 atom stereocenters. The molecule has 0 spiro atoms. The third-order valence-electron chi connectivity index (χ3n) is 4.63. The van der Waals surface area contributed by atoms with Gasteiger partial charge in [-0.1, -0.05) is 26.0 Å².